The fourth-order valence-electron chi connectivity index (χ4n) is 9.83. The topological polar surface area (TPSA) is 30.9 Å². The van der Waals surface area contributed by atoms with Crippen LogP contribution in [0.4, 0.5) is 8.78 Å². The highest BCUT2D eigenvalue weighted by atomic mass is 28.4. The Hall–Kier alpha value is -0.429. The molecule has 0 bridgehead atoms. The van der Waals surface area contributed by atoms with Crippen molar-refractivity contribution in [3.05, 3.63) is 35.5 Å². The molecule has 4 nitrogen and oxygen atoms in total. The van der Waals surface area contributed by atoms with Crippen molar-refractivity contribution in [2.24, 2.45) is 29.1 Å². The molecule has 3 aliphatic carbocycles. The van der Waals surface area contributed by atoms with Gasteiger partial charge in [-0.3, -0.25) is 0 Å². The maximum absolute atomic E-state index is 14.3. The summed E-state index contributed by atoms with van der Waals surface area (Å²) in [5.41, 5.74) is 3.08. The molecule has 1 aliphatic heterocycles. The molecule has 0 spiro atoms. The molecule has 0 amide bonds. The Labute approximate surface area is 328 Å². The predicted molar refractivity (Wildman–Crippen MR) is 229 cm³/mol. The summed E-state index contributed by atoms with van der Waals surface area (Å²) in [5.74, 6) is 2.00. The average molecular weight is 794 g/mol. The maximum Gasteiger partial charge on any atom is 0.266 e. The number of likely N-dealkylation sites (tertiary alicyclic amines) is 1. The third-order valence-corrected chi connectivity index (χ3v) is 25.1. The number of alkyl halides is 2. The van der Waals surface area contributed by atoms with E-state index in [9.17, 15) is 8.78 Å². The fourth-order valence-corrected chi connectivity index (χ4v) is 14.1. The molecule has 53 heavy (non-hydrogen) atoms. The number of halogens is 2. The van der Waals surface area contributed by atoms with Crippen LogP contribution in [0.5, 0.6) is 0 Å². The Morgan fingerprint density at radius 3 is 1.98 bits per heavy atom. The summed E-state index contributed by atoms with van der Waals surface area (Å²) in [6.45, 7) is 44.0. The minimum atomic E-state index is -2.42. The Morgan fingerprint density at radius 1 is 0.887 bits per heavy atom. The van der Waals surface area contributed by atoms with Gasteiger partial charge >= 0.3 is 0 Å². The smallest absolute Gasteiger partial charge is 0.266 e. The van der Waals surface area contributed by atoms with Crippen LogP contribution in [0.1, 0.15) is 114 Å². The van der Waals surface area contributed by atoms with Crippen LogP contribution in [0.25, 0.3) is 0 Å². The Balaban J connectivity index is 1.53. The predicted octanol–water partition coefficient (Wildman–Crippen LogP) is 13.0. The zero-order valence-electron chi connectivity index (χ0n) is 37.1. The average Bonchev–Trinajstić information content (AvgIpc) is 3.36. The van der Waals surface area contributed by atoms with Gasteiger partial charge in [-0.1, -0.05) is 86.6 Å². The van der Waals surface area contributed by atoms with E-state index in [1.807, 2.05) is 19.6 Å². The van der Waals surface area contributed by atoms with Crippen LogP contribution in [0.2, 0.25) is 55.9 Å². The number of nitrogens with zero attached hydrogens (tertiary/aromatic N) is 1. The zero-order chi connectivity index (χ0) is 40.2. The van der Waals surface area contributed by atoms with Gasteiger partial charge in [-0.15, -0.1) is 0 Å². The zero-order valence-corrected chi connectivity index (χ0v) is 40.1. The molecule has 3 saturated carbocycles. The highest BCUT2D eigenvalue weighted by Gasteiger charge is 2.52. The minimum Gasteiger partial charge on any atom is -0.413 e. The molecule has 0 N–H and O–H groups in total. The van der Waals surface area contributed by atoms with Crippen molar-refractivity contribution in [2.45, 2.75) is 194 Å². The lowest BCUT2D eigenvalue weighted by atomic mass is 9.61. The number of allylic oxidation sites excluding steroid dienone is 3. The fraction of sp³-hybridized carbons (Fsp3) is 0.864. The molecule has 306 valence electrons. The van der Waals surface area contributed by atoms with Gasteiger partial charge in [0.15, 0.2) is 25.0 Å². The van der Waals surface area contributed by atoms with Crippen LogP contribution in [0.3, 0.4) is 0 Å². The van der Waals surface area contributed by atoms with E-state index in [-0.39, 0.29) is 33.6 Å². The molecule has 0 aromatic heterocycles. The van der Waals surface area contributed by atoms with Gasteiger partial charge in [0.1, 0.15) is 5.60 Å². The molecule has 0 aromatic rings. The maximum atomic E-state index is 14.3. The highest BCUT2D eigenvalue weighted by Crippen LogP contribution is 2.59. The van der Waals surface area contributed by atoms with E-state index in [0.717, 1.165) is 18.5 Å². The first-order chi connectivity index (χ1) is 24.0. The van der Waals surface area contributed by atoms with Crippen molar-refractivity contribution < 1.29 is 22.1 Å². The number of hydrogen-bond donors (Lipinski definition) is 0. The lowest BCUT2D eigenvalue weighted by molar-refractivity contribution is -0.115. The van der Waals surface area contributed by atoms with E-state index >= 15 is 0 Å². The Morgan fingerprint density at radius 2 is 1.45 bits per heavy atom. The van der Waals surface area contributed by atoms with Gasteiger partial charge in [0, 0.05) is 25.6 Å². The molecule has 1 saturated heterocycles. The molecule has 0 aromatic carbocycles. The van der Waals surface area contributed by atoms with Crippen molar-refractivity contribution >= 4 is 25.0 Å². The SMILES string of the molecule is C=C1/C(=C\C=C2/CCC[C@]3(C)[C@@H]([C@@H](C)CN4CCC(O[Si](C)(C)C)(C(F)F)CC4)CC[C@@H]23)CC(O[Si](C)(C)C(C)(C)C)[C@H](C)C1O[Si](C)(C)C(C)(C)C. The van der Waals surface area contributed by atoms with Gasteiger partial charge in [0.25, 0.3) is 6.43 Å². The lowest BCUT2D eigenvalue weighted by Crippen LogP contribution is -2.55. The third-order valence-electron chi connectivity index (χ3n) is 15.1. The third kappa shape index (κ3) is 10.0. The summed E-state index contributed by atoms with van der Waals surface area (Å²) in [7, 11) is -6.15. The Bertz CT molecular complexity index is 1350. The van der Waals surface area contributed by atoms with Crippen molar-refractivity contribution in [3.8, 4) is 0 Å². The van der Waals surface area contributed by atoms with Crippen LogP contribution in [0.15, 0.2) is 35.5 Å². The second kappa shape index (κ2) is 16.1. The van der Waals surface area contributed by atoms with Gasteiger partial charge < -0.3 is 18.2 Å². The van der Waals surface area contributed by atoms with Gasteiger partial charge in [0.05, 0.1) is 12.2 Å². The van der Waals surface area contributed by atoms with Crippen molar-refractivity contribution in [3.63, 3.8) is 0 Å². The van der Waals surface area contributed by atoms with Crippen molar-refractivity contribution in [1.82, 2.24) is 4.90 Å². The molecule has 9 heteroatoms. The van der Waals surface area contributed by atoms with Gasteiger partial charge in [-0.2, -0.15) is 0 Å². The molecule has 4 fully saturated rings. The van der Waals surface area contributed by atoms with Crippen LogP contribution in [-0.2, 0) is 13.3 Å². The largest absolute Gasteiger partial charge is 0.413 e. The summed E-state index contributed by atoms with van der Waals surface area (Å²) in [6.07, 6.45) is 10.5. The minimum absolute atomic E-state index is 0.0415. The second-order valence-corrected chi connectivity index (χ2v) is 36.1. The Kier molecular flexibility index (Phi) is 13.7. The van der Waals surface area contributed by atoms with E-state index in [1.165, 1.54) is 37.7 Å². The first-order valence-corrected chi connectivity index (χ1v) is 30.4. The van der Waals surface area contributed by atoms with E-state index in [0.29, 0.717) is 43.7 Å². The molecule has 0 radical (unpaired) electrons. The standard InChI is InChI=1S/C44H81F2NO3Si3/c1-31(30-47-27-25-44(26-28-47,40(45)46)50-51(11,12)13)36-22-23-37-34(19-18-24-43(36,37)10)20-21-35-29-38(48-52(14,15)41(4,5)6)33(3)39(32(35)2)49-53(16,17)42(7,8)9/h20-21,31,33,36-40H,2,18-19,22-30H2,1,3-17H3/b34-20+,35-21-/t31-,33-,36+,37-,38?,39?,43+/m0/s1. The normalized spacial score (nSPS) is 33.2. The number of hydrogen-bond acceptors (Lipinski definition) is 4. The summed E-state index contributed by atoms with van der Waals surface area (Å²) < 4.78 is 49.3. The number of fused-ring (bicyclic) bond motifs is 1. The highest BCUT2D eigenvalue weighted by molar-refractivity contribution is 6.74. The van der Waals surface area contributed by atoms with Gasteiger partial charge in [-0.05, 0) is 142 Å². The van der Waals surface area contributed by atoms with Crippen molar-refractivity contribution in [2.75, 3.05) is 19.6 Å². The summed E-state index contributed by atoms with van der Waals surface area (Å²) in [5, 5.41) is 0.249. The van der Waals surface area contributed by atoms with Crippen LogP contribution < -0.4 is 0 Å². The molecule has 1 heterocycles. The monoisotopic (exact) mass is 794 g/mol. The van der Waals surface area contributed by atoms with Crippen LogP contribution >= 0.6 is 0 Å². The molecule has 4 aliphatic rings. The second-order valence-electron chi connectivity index (χ2n) is 22.2. The van der Waals surface area contributed by atoms with Gasteiger partial charge in [-0.25, -0.2) is 8.78 Å². The summed E-state index contributed by atoms with van der Waals surface area (Å²) in [6, 6.07) is 0. The van der Waals surface area contributed by atoms with E-state index in [2.05, 4.69) is 106 Å². The first-order valence-electron chi connectivity index (χ1n) is 21.2. The molecule has 4 rings (SSSR count). The van der Waals surface area contributed by atoms with E-state index < -0.39 is 37.0 Å². The van der Waals surface area contributed by atoms with Gasteiger partial charge in [0.2, 0.25) is 0 Å². The molecule has 7 atom stereocenters. The van der Waals surface area contributed by atoms with E-state index in [1.54, 1.807) is 5.57 Å². The van der Waals surface area contributed by atoms with Crippen LogP contribution in [0, 0.1) is 29.1 Å². The quantitative estimate of drug-likeness (QED) is 0.195. The number of piperidine rings is 1. The first kappa shape index (κ1) is 45.3. The van der Waals surface area contributed by atoms with E-state index in [4.69, 9.17) is 19.9 Å². The number of rotatable bonds is 11. The lowest BCUT2D eigenvalue weighted by Gasteiger charge is -2.48. The summed E-state index contributed by atoms with van der Waals surface area (Å²) >= 11 is 0. The van der Waals surface area contributed by atoms with Crippen LogP contribution in [-0.4, -0.2) is 73.7 Å². The summed E-state index contributed by atoms with van der Waals surface area (Å²) in [4.78, 5) is 2.46. The molecule has 2 unspecified atom stereocenters. The van der Waals surface area contributed by atoms with Crippen molar-refractivity contribution in [1.29, 1.82) is 0 Å². The molecular weight excluding hydrogens is 713 g/mol. The molecular formula is C44H81F2NO3Si3.